The number of ether oxygens (including phenoxy) is 2. The van der Waals surface area contributed by atoms with Gasteiger partial charge in [-0.2, -0.15) is 5.10 Å². The molecule has 1 aromatic heterocycles. The van der Waals surface area contributed by atoms with Crippen molar-refractivity contribution in [3.05, 3.63) is 23.2 Å². The first kappa shape index (κ1) is 13.1. The molecule has 106 valence electrons. The highest BCUT2D eigenvalue weighted by Crippen LogP contribution is 2.40. The van der Waals surface area contributed by atoms with Gasteiger partial charge in [0, 0.05) is 23.1 Å². The zero-order chi connectivity index (χ0) is 14.3. The molecule has 0 radical (unpaired) electrons. The van der Waals surface area contributed by atoms with Gasteiger partial charge in [0.05, 0.1) is 23.9 Å². The summed E-state index contributed by atoms with van der Waals surface area (Å²) in [5, 5.41) is 7.32. The number of aromatic amines is 1. The fraction of sp³-hybridized carbons (Fsp3) is 0.357. The van der Waals surface area contributed by atoms with E-state index in [2.05, 4.69) is 24.0 Å². The molecular formula is C14H16ClN3O2. The van der Waals surface area contributed by atoms with E-state index in [-0.39, 0.29) is 5.41 Å². The smallest absolute Gasteiger partial charge is 0.162 e. The number of hydrogen-bond donors (Lipinski definition) is 2. The zero-order valence-corrected chi connectivity index (χ0v) is 12.1. The average Bonchev–Trinajstić information content (AvgIpc) is 2.75. The molecule has 1 aliphatic rings. The number of benzene rings is 1. The maximum absolute atomic E-state index is 6.31. The third kappa shape index (κ3) is 2.41. The Labute approximate surface area is 122 Å². The van der Waals surface area contributed by atoms with Crippen LogP contribution in [0.4, 0.5) is 5.82 Å². The topological polar surface area (TPSA) is 73.2 Å². The lowest BCUT2D eigenvalue weighted by atomic mass is 9.97. The van der Waals surface area contributed by atoms with Gasteiger partial charge in [-0.1, -0.05) is 25.4 Å². The molecule has 0 unspecified atom stereocenters. The van der Waals surface area contributed by atoms with Crippen molar-refractivity contribution in [2.45, 2.75) is 13.8 Å². The number of nitrogens with one attached hydrogen (secondary N) is 1. The van der Waals surface area contributed by atoms with Crippen LogP contribution in [-0.4, -0.2) is 23.4 Å². The van der Waals surface area contributed by atoms with Crippen molar-refractivity contribution < 1.29 is 9.47 Å². The summed E-state index contributed by atoms with van der Waals surface area (Å²) < 4.78 is 11.6. The summed E-state index contributed by atoms with van der Waals surface area (Å²) >= 11 is 6.31. The summed E-state index contributed by atoms with van der Waals surface area (Å²) in [7, 11) is 0. The van der Waals surface area contributed by atoms with Crippen molar-refractivity contribution in [2.24, 2.45) is 5.41 Å². The van der Waals surface area contributed by atoms with Crippen LogP contribution in [-0.2, 0) is 0 Å². The highest BCUT2D eigenvalue weighted by atomic mass is 35.5. The number of fused-ring (bicyclic) bond motifs is 1. The maximum atomic E-state index is 6.31. The Kier molecular flexibility index (Phi) is 3.01. The van der Waals surface area contributed by atoms with Crippen molar-refractivity contribution in [1.82, 2.24) is 10.2 Å². The highest BCUT2D eigenvalue weighted by molar-refractivity contribution is 6.33. The van der Waals surface area contributed by atoms with Gasteiger partial charge in [-0.3, -0.25) is 5.10 Å². The molecular weight excluding hydrogens is 278 g/mol. The molecule has 0 atom stereocenters. The first-order chi connectivity index (χ1) is 9.44. The highest BCUT2D eigenvalue weighted by Gasteiger charge is 2.26. The van der Waals surface area contributed by atoms with E-state index in [0.717, 1.165) is 11.3 Å². The zero-order valence-electron chi connectivity index (χ0n) is 11.4. The predicted molar refractivity (Wildman–Crippen MR) is 78.2 cm³/mol. The van der Waals surface area contributed by atoms with Gasteiger partial charge in [0.15, 0.2) is 11.5 Å². The molecule has 3 rings (SSSR count). The van der Waals surface area contributed by atoms with Gasteiger partial charge >= 0.3 is 0 Å². The van der Waals surface area contributed by atoms with Crippen molar-refractivity contribution in [2.75, 3.05) is 18.9 Å². The fourth-order valence-corrected chi connectivity index (χ4v) is 2.29. The Balaban J connectivity index is 2.02. The number of hydrogen-bond acceptors (Lipinski definition) is 4. The van der Waals surface area contributed by atoms with Gasteiger partial charge in [0.2, 0.25) is 0 Å². The molecule has 20 heavy (non-hydrogen) atoms. The van der Waals surface area contributed by atoms with Crippen LogP contribution < -0.4 is 15.2 Å². The quantitative estimate of drug-likeness (QED) is 0.847. The number of anilines is 1. The minimum atomic E-state index is -0.0376. The molecule has 2 heterocycles. The van der Waals surface area contributed by atoms with Crippen molar-refractivity contribution in [3.8, 4) is 22.8 Å². The molecule has 5 nitrogen and oxygen atoms in total. The normalized spacial score (nSPS) is 16.8. The predicted octanol–water partition coefficient (Wildman–Crippen LogP) is 3.11. The number of nitrogens with zero attached hydrogens (tertiary/aromatic N) is 1. The SMILES string of the molecule is CC1(C)COc2cc(Cl)c(-c3cc(N)n[nH]3)cc2OC1. The van der Waals surface area contributed by atoms with Crippen LogP contribution in [0.1, 0.15) is 13.8 Å². The molecule has 0 saturated carbocycles. The molecule has 0 saturated heterocycles. The Bertz CT molecular complexity index is 652. The fourth-order valence-electron chi connectivity index (χ4n) is 2.03. The van der Waals surface area contributed by atoms with Gasteiger partial charge in [-0.25, -0.2) is 0 Å². The number of nitrogen functional groups attached to an aromatic ring is 1. The van der Waals surface area contributed by atoms with E-state index in [1.54, 1.807) is 12.1 Å². The van der Waals surface area contributed by atoms with Crippen LogP contribution >= 0.6 is 11.6 Å². The summed E-state index contributed by atoms with van der Waals surface area (Å²) in [5.41, 5.74) is 7.13. The lowest BCUT2D eigenvalue weighted by molar-refractivity contribution is 0.140. The van der Waals surface area contributed by atoms with Crippen molar-refractivity contribution in [1.29, 1.82) is 0 Å². The molecule has 2 aromatic rings. The maximum Gasteiger partial charge on any atom is 0.162 e. The Morgan fingerprint density at radius 2 is 1.85 bits per heavy atom. The molecule has 0 bridgehead atoms. The first-order valence-electron chi connectivity index (χ1n) is 6.35. The summed E-state index contributed by atoms with van der Waals surface area (Å²) in [6.45, 7) is 5.37. The summed E-state index contributed by atoms with van der Waals surface area (Å²) in [6, 6.07) is 5.35. The lowest BCUT2D eigenvalue weighted by Crippen LogP contribution is -2.26. The molecule has 0 spiro atoms. The van der Waals surface area contributed by atoms with Crippen LogP contribution in [0.3, 0.4) is 0 Å². The van der Waals surface area contributed by atoms with E-state index < -0.39 is 0 Å². The second kappa shape index (κ2) is 4.59. The minimum Gasteiger partial charge on any atom is -0.489 e. The van der Waals surface area contributed by atoms with Crippen LogP contribution in [0.25, 0.3) is 11.3 Å². The van der Waals surface area contributed by atoms with Gasteiger partial charge < -0.3 is 15.2 Å². The van der Waals surface area contributed by atoms with Crippen LogP contribution in [0, 0.1) is 5.41 Å². The molecule has 1 aliphatic heterocycles. The second-order valence-electron chi connectivity index (χ2n) is 5.73. The molecule has 3 N–H and O–H groups in total. The Hall–Kier alpha value is -1.88. The van der Waals surface area contributed by atoms with Crippen molar-refractivity contribution in [3.63, 3.8) is 0 Å². The summed E-state index contributed by atoms with van der Waals surface area (Å²) in [5.74, 6) is 1.77. The van der Waals surface area contributed by atoms with Gasteiger partial charge in [-0.05, 0) is 6.07 Å². The van der Waals surface area contributed by atoms with Crippen molar-refractivity contribution >= 4 is 17.4 Å². The number of aromatic nitrogens is 2. The lowest BCUT2D eigenvalue weighted by Gasteiger charge is -2.19. The number of nitrogens with two attached hydrogens (primary N) is 1. The summed E-state index contributed by atoms with van der Waals surface area (Å²) in [6.07, 6.45) is 0. The van der Waals surface area contributed by atoms with Gasteiger partial charge in [-0.15, -0.1) is 0 Å². The monoisotopic (exact) mass is 293 g/mol. The van der Waals surface area contributed by atoms with Crippen LogP contribution in [0.15, 0.2) is 18.2 Å². The standard InChI is InChI=1S/C14H16ClN3O2/c1-14(2)6-19-11-3-8(10-5-13(16)18-17-10)9(15)4-12(11)20-7-14/h3-5H,6-7H2,1-2H3,(H3,16,17,18). The van der Waals surface area contributed by atoms with E-state index in [1.807, 2.05) is 6.07 Å². The Morgan fingerprint density at radius 1 is 1.20 bits per heavy atom. The van der Waals surface area contributed by atoms with Crippen LogP contribution in [0.2, 0.25) is 5.02 Å². The summed E-state index contributed by atoms with van der Waals surface area (Å²) in [4.78, 5) is 0. The number of rotatable bonds is 1. The minimum absolute atomic E-state index is 0.0376. The second-order valence-corrected chi connectivity index (χ2v) is 6.13. The van der Waals surface area contributed by atoms with Gasteiger partial charge in [0.1, 0.15) is 5.82 Å². The van der Waals surface area contributed by atoms with E-state index in [9.17, 15) is 0 Å². The molecule has 0 aliphatic carbocycles. The van der Waals surface area contributed by atoms with E-state index >= 15 is 0 Å². The third-order valence-electron chi connectivity index (χ3n) is 3.16. The first-order valence-corrected chi connectivity index (χ1v) is 6.73. The molecule has 0 amide bonds. The molecule has 0 fully saturated rings. The van der Waals surface area contributed by atoms with Gasteiger partial charge in [0.25, 0.3) is 0 Å². The van der Waals surface area contributed by atoms with Crippen LogP contribution in [0.5, 0.6) is 11.5 Å². The van der Waals surface area contributed by atoms with E-state index in [4.69, 9.17) is 26.8 Å². The number of halogens is 1. The van der Waals surface area contributed by atoms with E-state index in [0.29, 0.717) is 35.6 Å². The largest absolute Gasteiger partial charge is 0.489 e. The molecule has 1 aromatic carbocycles. The third-order valence-corrected chi connectivity index (χ3v) is 3.47. The average molecular weight is 294 g/mol. The van der Waals surface area contributed by atoms with E-state index in [1.165, 1.54) is 0 Å². The number of H-pyrrole nitrogens is 1. The Morgan fingerprint density at radius 3 is 2.45 bits per heavy atom. The molecule has 6 heteroatoms.